The molecule has 2 aromatic carbocycles. The number of hydrogen-bond donors (Lipinski definition) is 0. The topological polar surface area (TPSA) is 37.4 Å². The van der Waals surface area contributed by atoms with E-state index in [1.165, 1.54) is 54.1 Å². The van der Waals surface area contributed by atoms with Gasteiger partial charge in [-0.2, -0.15) is 41.8 Å². The van der Waals surface area contributed by atoms with Crippen LogP contribution in [0.3, 0.4) is 0 Å². The van der Waals surface area contributed by atoms with Crippen molar-refractivity contribution in [3.8, 4) is 0 Å². The van der Waals surface area contributed by atoms with Gasteiger partial charge in [-0.05, 0) is 131 Å². The molecule has 4 fully saturated rings. The molecule has 0 amide bonds. The van der Waals surface area contributed by atoms with Crippen molar-refractivity contribution in [1.29, 1.82) is 0 Å². The zero-order chi connectivity index (χ0) is 33.9. The Morgan fingerprint density at radius 2 is 1.34 bits per heavy atom. The molecule has 261 valence electrons. The number of Topliss-reactive ketones (excluding diaryl/α,β-unsaturated/α-hetero) is 2. The normalized spacial score (nSPS) is 34.4. The Morgan fingerprint density at radius 3 is 1.85 bits per heavy atom. The van der Waals surface area contributed by atoms with E-state index in [1.807, 2.05) is 14.1 Å². The molecule has 0 heterocycles. The Labute approximate surface area is 308 Å². The number of ketones is 2. The third-order valence-electron chi connectivity index (χ3n) is 13.3. The van der Waals surface area contributed by atoms with E-state index in [0.717, 1.165) is 63.3 Å². The predicted molar refractivity (Wildman–Crippen MR) is 196 cm³/mol. The van der Waals surface area contributed by atoms with Crippen LogP contribution in [0.15, 0.2) is 40.9 Å². The summed E-state index contributed by atoms with van der Waals surface area (Å²) in [6.07, 6.45) is 14.5. The summed E-state index contributed by atoms with van der Waals surface area (Å²) in [7, 11) is 4.09. The molecule has 0 saturated heterocycles. The fraction of sp³-hybridized carbons (Fsp3) is 0.634. The SMILES string of the molecule is C[C@]12CC[C@@H]3c4cc[c-]cc4CC[C@H]3[C@@H]1CCC2=O.C[C@]12CC[C@@H]3c4ccc(Br)cc4CC[C@H]3[C@@H]1CCC2=O.[CH2-]CCN(C)C.[Ni][Br]. The zero-order valence-corrected chi connectivity index (χ0v) is 33.0. The molecule has 47 heavy (non-hydrogen) atoms. The van der Waals surface area contributed by atoms with Gasteiger partial charge in [0.1, 0.15) is 11.6 Å². The van der Waals surface area contributed by atoms with Crippen LogP contribution in [0, 0.1) is 47.5 Å². The summed E-state index contributed by atoms with van der Waals surface area (Å²) in [6, 6.07) is 16.6. The van der Waals surface area contributed by atoms with Crippen LogP contribution in [0.1, 0.15) is 119 Å². The quantitative estimate of drug-likeness (QED) is 0.224. The van der Waals surface area contributed by atoms with Crippen LogP contribution in [0.2, 0.25) is 0 Å². The van der Waals surface area contributed by atoms with E-state index < -0.39 is 0 Å². The number of benzene rings is 2. The summed E-state index contributed by atoms with van der Waals surface area (Å²) in [5, 5.41) is 0. The molecule has 0 bridgehead atoms. The molecular weight excluding hydrogens is 757 g/mol. The second-order valence-corrected chi connectivity index (χ2v) is 16.7. The Kier molecular flexibility index (Phi) is 12.8. The average molecular weight is 811 g/mol. The predicted octanol–water partition coefficient (Wildman–Crippen LogP) is 10.4. The van der Waals surface area contributed by atoms with E-state index >= 15 is 0 Å². The van der Waals surface area contributed by atoms with Crippen molar-refractivity contribution in [2.24, 2.45) is 34.5 Å². The van der Waals surface area contributed by atoms with E-state index in [4.69, 9.17) is 0 Å². The van der Waals surface area contributed by atoms with Gasteiger partial charge < -0.3 is 11.8 Å². The van der Waals surface area contributed by atoms with Gasteiger partial charge in [0.2, 0.25) is 0 Å². The van der Waals surface area contributed by atoms with Crippen LogP contribution in [-0.4, -0.2) is 37.1 Å². The van der Waals surface area contributed by atoms with Gasteiger partial charge in [-0.3, -0.25) is 9.59 Å². The Morgan fingerprint density at radius 1 is 0.809 bits per heavy atom. The molecule has 3 nitrogen and oxygen atoms in total. The second-order valence-electron chi connectivity index (χ2n) is 15.8. The summed E-state index contributed by atoms with van der Waals surface area (Å²) < 4.78 is 1.20. The van der Waals surface area contributed by atoms with Crippen LogP contribution in [0.4, 0.5) is 0 Å². The van der Waals surface area contributed by atoms with Crippen LogP contribution in [-0.2, 0) is 36.1 Å². The van der Waals surface area contributed by atoms with Crippen molar-refractivity contribution in [3.05, 3.63) is 76.1 Å². The Balaban J connectivity index is 0.000000151. The van der Waals surface area contributed by atoms with Gasteiger partial charge >= 0.3 is 27.9 Å². The third-order valence-corrected chi connectivity index (χ3v) is 13.8. The van der Waals surface area contributed by atoms with Gasteiger partial charge in [-0.1, -0.05) is 48.7 Å². The van der Waals surface area contributed by atoms with E-state index in [9.17, 15) is 9.59 Å². The molecule has 0 N–H and O–H groups in total. The van der Waals surface area contributed by atoms with Crippen molar-refractivity contribution in [2.75, 3.05) is 20.6 Å². The molecule has 6 aliphatic carbocycles. The van der Waals surface area contributed by atoms with E-state index in [1.54, 1.807) is 11.1 Å². The molecule has 8 rings (SSSR count). The molecule has 0 radical (unpaired) electrons. The summed E-state index contributed by atoms with van der Waals surface area (Å²) >= 11 is 9.85. The van der Waals surface area contributed by atoms with Gasteiger partial charge in [0.25, 0.3) is 0 Å². The van der Waals surface area contributed by atoms with Gasteiger partial charge in [-0.15, -0.1) is 0 Å². The van der Waals surface area contributed by atoms with E-state index in [2.05, 4.69) is 112 Å². The number of aryl methyl sites for hydroxylation is 2. The van der Waals surface area contributed by atoms with Crippen molar-refractivity contribution < 1.29 is 23.3 Å². The molecule has 0 unspecified atom stereocenters. The Bertz CT molecular complexity index is 1410. The second kappa shape index (κ2) is 16.0. The summed E-state index contributed by atoms with van der Waals surface area (Å²) in [5.41, 5.74) is 6.21. The minimum atomic E-state index is 0.00797. The third kappa shape index (κ3) is 7.48. The van der Waals surface area contributed by atoms with Gasteiger partial charge in [-0.25, -0.2) is 0 Å². The monoisotopic (exact) mass is 808 g/mol. The van der Waals surface area contributed by atoms with Crippen LogP contribution in [0.25, 0.3) is 0 Å². The number of hydrogen-bond acceptors (Lipinski definition) is 3. The summed E-state index contributed by atoms with van der Waals surface area (Å²) in [6.45, 7) is 9.28. The summed E-state index contributed by atoms with van der Waals surface area (Å²) in [5.74, 6) is 5.29. The first-order valence-electron chi connectivity index (χ1n) is 18.0. The van der Waals surface area contributed by atoms with Crippen LogP contribution >= 0.6 is 30.2 Å². The number of carbonyl (C=O) groups is 2. The minimum absolute atomic E-state index is 0.00797. The fourth-order valence-electron chi connectivity index (χ4n) is 10.9. The maximum absolute atomic E-state index is 12.3. The maximum atomic E-state index is 12.3. The average Bonchev–Trinajstić information content (AvgIpc) is 3.56. The number of carbonyl (C=O) groups excluding carboxylic acids is 2. The molecule has 0 aromatic heterocycles. The van der Waals surface area contributed by atoms with Crippen LogP contribution in [0.5, 0.6) is 0 Å². The Hall–Kier alpha value is -0.806. The molecule has 6 heteroatoms. The first-order valence-corrected chi connectivity index (χ1v) is 21.2. The fourth-order valence-corrected chi connectivity index (χ4v) is 11.3. The van der Waals surface area contributed by atoms with Crippen molar-refractivity contribution in [2.45, 2.75) is 109 Å². The van der Waals surface area contributed by atoms with Crippen molar-refractivity contribution in [1.82, 2.24) is 4.90 Å². The molecule has 2 aromatic rings. The number of halogens is 2. The van der Waals surface area contributed by atoms with E-state index in [0.29, 0.717) is 35.2 Å². The number of nitrogens with zero attached hydrogens (tertiary/aromatic N) is 1. The van der Waals surface area contributed by atoms with Gasteiger partial charge in [0.05, 0.1) is 0 Å². The molecule has 6 aliphatic rings. The molecule has 8 atom stereocenters. The summed E-state index contributed by atoms with van der Waals surface area (Å²) in [4.78, 5) is 26.7. The standard InChI is InChI=1S/C18H21BrO.C18H21O.C5H12N.BrH.Ni/c1-18-9-8-14-13-5-3-12(19)10-11(13)2-4-15(14)16(18)6-7-17(18)20;1-18-11-10-14-13-5-3-2-4-12(13)6-7-15(14)16(18)8-9-17(18)19;1-4-5-6(2)3;;/h3,5,10,14-16H,2,4,6-9H2,1H3;3-5,14-16H,6-11H2,1H3;1,4-5H2,2-3H3;1H;/q;2*-1;;+1/p-1/t2*14-,15-,16+,18+;;;/m11.../s1. The van der Waals surface area contributed by atoms with Gasteiger partial charge in [0.15, 0.2) is 0 Å². The molecule has 4 saturated carbocycles. The number of fused-ring (bicyclic) bond motifs is 10. The number of rotatable bonds is 2. The first kappa shape index (κ1) is 37.4. The van der Waals surface area contributed by atoms with Crippen molar-refractivity contribution in [3.63, 3.8) is 0 Å². The van der Waals surface area contributed by atoms with Crippen molar-refractivity contribution >= 4 is 41.7 Å². The molecule has 0 aliphatic heterocycles. The molecule has 0 spiro atoms. The van der Waals surface area contributed by atoms with E-state index in [-0.39, 0.29) is 10.8 Å². The molecular formula is C41H54Br2NNiO2-2. The van der Waals surface area contributed by atoms with Gasteiger partial charge in [0, 0.05) is 28.1 Å². The first-order chi connectivity index (χ1) is 22.6. The zero-order valence-electron chi connectivity index (χ0n) is 28.9. The van der Waals surface area contributed by atoms with Crippen LogP contribution < -0.4 is 0 Å².